The largest absolute Gasteiger partial charge is 0.487 e. The summed E-state index contributed by atoms with van der Waals surface area (Å²) in [6.07, 6.45) is 0.980. The van der Waals surface area contributed by atoms with Crippen molar-refractivity contribution in [1.29, 1.82) is 0 Å². The Morgan fingerprint density at radius 1 is 1.33 bits per heavy atom. The molecule has 0 aliphatic carbocycles. The van der Waals surface area contributed by atoms with Crippen molar-refractivity contribution < 1.29 is 9.13 Å². The number of benzene rings is 1. The summed E-state index contributed by atoms with van der Waals surface area (Å²) in [5.74, 6) is 0.833. The van der Waals surface area contributed by atoms with E-state index in [-0.39, 0.29) is 11.4 Å². The van der Waals surface area contributed by atoms with Gasteiger partial charge in [-0.3, -0.25) is 4.99 Å². The van der Waals surface area contributed by atoms with E-state index in [9.17, 15) is 4.39 Å². The molecule has 0 bridgehead atoms. The Bertz CT molecular complexity index is 463. The number of nitrogens with zero attached hydrogens (tertiary/aromatic N) is 1. The molecule has 3 nitrogen and oxygen atoms in total. The van der Waals surface area contributed by atoms with Gasteiger partial charge in [0.25, 0.3) is 0 Å². The van der Waals surface area contributed by atoms with Crippen molar-refractivity contribution in [2.24, 2.45) is 4.99 Å². The molecule has 1 aromatic carbocycles. The van der Waals surface area contributed by atoms with Crippen LogP contribution in [0, 0.1) is 5.82 Å². The first-order valence-corrected chi connectivity index (χ1v) is 6.23. The van der Waals surface area contributed by atoms with Crippen LogP contribution in [0.2, 0.25) is 0 Å². The first-order chi connectivity index (χ1) is 8.47. The van der Waals surface area contributed by atoms with E-state index in [1.54, 1.807) is 12.1 Å². The average Bonchev–Trinajstić information content (AvgIpc) is 2.28. The minimum atomic E-state index is -0.363. The molecule has 98 valence electrons. The van der Waals surface area contributed by atoms with Crippen LogP contribution in [0.25, 0.3) is 0 Å². The van der Waals surface area contributed by atoms with Crippen LogP contribution in [0.5, 0.6) is 5.75 Å². The van der Waals surface area contributed by atoms with Crippen LogP contribution in [-0.2, 0) is 0 Å². The second kappa shape index (κ2) is 4.96. The molecular formula is C14H19FN2O. The number of hydrogen-bond acceptors (Lipinski definition) is 3. The van der Waals surface area contributed by atoms with E-state index in [1.165, 1.54) is 6.07 Å². The van der Waals surface area contributed by atoms with Gasteiger partial charge in [-0.2, -0.15) is 0 Å². The minimum Gasteiger partial charge on any atom is -0.487 e. The van der Waals surface area contributed by atoms with Crippen LogP contribution in [-0.4, -0.2) is 24.5 Å². The molecule has 0 spiro atoms. The van der Waals surface area contributed by atoms with E-state index < -0.39 is 0 Å². The first kappa shape index (κ1) is 12.9. The Morgan fingerprint density at radius 3 is 2.72 bits per heavy atom. The summed E-state index contributed by atoms with van der Waals surface area (Å²) in [4.78, 5) is 4.34. The monoisotopic (exact) mass is 250 g/mol. The maximum atomic E-state index is 14.0. The molecule has 1 aliphatic rings. The fourth-order valence-electron chi connectivity index (χ4n) is 1.85. The highest BCUT2D eigenvalue weighted by molar-refractivity contribution is 6.01. The zero-order valence-corrected chi connectivity index (χ0v) is 11.1. The summed E-state index contributed by atoms with van der Waals surface area (Å²) in [5, 5.41) is 3.13. The van der Waals surface area contributed by atoms with Crippen LogP contribution in [0.4, 0.5) is 4.39 Å². The maximum absolute atomic E-state index is 14.0. The van der Waals surface area contributed by atoms with E-state index in [0.717, 1.165) is 19.5 Å². The van der Waals surface area contributed by atoms with Crippen molar-refractivity contribution in [1.82, 2.24) is 5.32 Å². The number of halogens is 1. The highest BCUT2D eigenvalue weighted by Gasteiger charge is 2.21. The summed E-state index contributed by atoms with van der Waals surface area (Å²) >= 11 is 0. The fraction of sp³-hybridized carbons (Fsp3) is 0.500. The van der Waals surface area contributed by atoms with Gasteiger partial charge in [-0.1, -0.05) is 6.07 Å². The predicted molar refractivity (Wildman–Crippen MR) is 70.8 cm³/mol. The molecule has 0 saturated carbocycles. The smallest absolute Gasteiger partial charge is 0.137 e. The van der Waals surface area contributed by atoms with Crippen LogP contribution in [0.15, 0.2) is 23.2 Å². The van der Waals surface area contributed by atoms with Crippen LogP contribution in [0.3, 0.4) is 0 Å². The average molecular weight is 250 g/mol. The third kappa shape index (κ3) is 3.00. The van der Waals surface area contributed by atoms with E-state index in [4.69, 9.17) is 4.74 Å². The second-order valence-electron chi connectivity index (χ2n) is 5.34. The van der Waals surface area contributed by atoms with Gasteiger partial charge in [0, 0.05) is 13.1 Å². The molecule has 0 atom stereocenters. The van der Waals surface area contributed by atoms with Gasteiger partial charge in [0.2, 0.25) is 0 Å². The second-order valence-corrected chi connectivity index (χ2v) is 5.34. The van der Waals surface area contributed by atoms with Crippen molar-refractivity contribution in [3.63, 3.8) is 0 Å². The molecule has 2 rings (SSSR count). The Morgan fingerprint density at radius 2 is 2.11 bits per heavy atom. The SMILES string of the molecule is CC(C)(C)Oc1cccc(F)c1C1=NCCCN1. The van der Waals surface area contributed by atoms with E-state index >= 15 is 0 Å². The molecule has 0 saturated heterocycles. The molecule has 1 aromatic rings. The Kier molecular flexibility index (Phi) is 3.55. The van der Waals surface area contributed by atoms with Crippen LogP contribution < -0.4 is 10.1 Å². The van der Waals surface area contributed by atoms with E-state index in [2.05, 4.69) is 10.3 Å². The third-order valence-electron chi connectivity index (χ3n) is 2.53. The molecule has 0 fully saturated rings. The number of nitrogens with one attached hydrogen (secondary N) is 1. The number of hydrogen-bond donors (Lipinski definition) is 1. The molecule has 1 heterocycles. The summed E-state index contributed by atoms with van der Waals surface area (Å²) in [5.41, 5.74) is 0.0738. The van der Waals surface area contributed by atoms with Crippen molar-refractivity contribution in [3.05, 3.63) is 29.6 Å². The first-order valence-electron chi connectivity index (χ1n) is 6.23. The molecule has 4 heteroatoms. The molecule has 1 aliphatic heterocycles. The molecular weight excluding hydrogens is 231 g/mol. The zero-order valence-electron chi connectivity index (χ0n) is 11.1. The lowest BCUT2D eigenvalue weighted by Gasteiger charge is -2.25. The van der Waals surface area contributed by atoms with Gasteiger partial charge in [0.1, 0.15) is 23.0 Å². The van der Waals surface area contributed by atoms with Gasteiger partial charge in [0.05, 0.1) is 5.56 Å². The van der Waals surface area contributed by atoms with Crippen molar-refractivity contribution >= 4 is 5.84 Å². The zero-order chi connectivity index (χ0) is 13.2. The van der Waals surface area contributed by atoms with Crippen molar-refractivity contribution in [2.75, 3.05) is 13.1 Å². The lowest BCUT2D eigenvalue weighted by molar-refractivity contribution is 0.130. The van der Waals surface area contributed by atoms with Crippen LogP contribution in [0.1, 0.15) is 32.8 Å². The summed E-state index contributed by atoms with van der Waals surface area (Å²) in [6.45, 7) is 7.38. The summed E-state index contributed by atoms with van der Waals surface area (Å²) < 4.78 is 19.8. The van der Waals surface area contributed by atoms with Gasteiger partial charge < -0.3 is 10.1 Å². The van der Waals surface area contributed by atoms with Gasteiger partial charge in [-0.15, -0.1) is 0 Å². The molecule has 0 amide bonds. The van der Waals surface area contributed by atoms with Gasteiger partial charge in [-0.25, -0.2) is 4.39 Å². The number of ether oxygens (including phenoxy) is 1. The fourth-order valence-corrected chi connectivity index (χ4v) is 1.85. The normalized spacial score (nSPS) is 15.9. The minimum absolute atomic E-state index is 0.301. The lowest BCUT2D eigenvalue weighted by Crippen LogP contribution is -2.32. The predicted octanol–water partition coefficient (Wildman–Crippen LogP) is 2.74. The number of rotatable bonds is 2. The summed E-state index contributed by atoms with van der Waals surface area (Å²) in [7, 11) is 0. The van der Waals surface area contributed by atoms with E-state index in [1.807, 2.05) is 20.8 Å². The molecule has 0 unspecified atom stereocenters. The highest BCUT2D eigenvalue weighted by atomic mass is 19.1. The molecule has 1 N–H and O–H groups in total. The Balaban J connectivity index is 2.41. The van der Waals surface area contributed by atoms with E-state index in [0.29, 0.717) is 17.1 Å². The van der Waals surface area contributed by atoms with Crippen molar-refractivity contribution in [3.8, 4) is 5.75 Å². The highest BCUT2D eigenvalue weighted by Crippen LogP contribution is 2.26. The third-order valence-corrected chi connectivity index (χ3v) is 2.53. The van der Waals surface area contributed by atoms with Gasteiger partial charge in [0.15, 0.2) is 0 Å². The molecule has 0 aromatic heterocycles. The molecule has 0 radical (unpaired) electrons. The van der Waals surface area contributed by atoms with Crippen LogP contribution >= 0.6 is 0 Å². The Labute approximate surface area is 107 Å². The summed E-state index contributed by atoms with van der Waals surface area (Å²) in [6, 6.07) is 4.87. The lowest BCUT2D eigenvalue weighted by atomic mass is 10.1. The van der Waals surface area contributed by atoms with Crippen molar-refractivity contribution in [2.45, 2.75) is 32.8 Å². The number of amidine groups is 1. The number of aliphatic imine (C=N–C) groups is 1. The standard InChI is InChI=1S/C14H19FN2O/c1-14(2,3)18-11-7-4-6-10(15)12(11)13-16-8-5-9-17-13/h4,6-7H,5,8-9H2,1-3H3,(H,16,17). The van der Waals surface area contributed by atoms with Gasteiger partial charge >= 0.3 is 0 Å². The maximum Gasteiger partial charge on any atom is 0.137 e. The van der Waals surface area contributed by atoms with Gasteiger partial charge in [-0.05, 0) is 39.3 Å². The Hall–Kier alpha value is -1.58. The topological polar surface area (TPSA) is 33.6 Å². The quantitative estimate of drug-likeness (QED) is 0.875. The molecule has 18 heavy (non-hydrogen) atoms.